The molecule has 0 amide bonds. The lowest BCUT2D eigenvalue weighted by Crippen LogP contribution is -2.47. The number of rotatable bonds is 8. The maximum atomic E-state index is 14.0. The van der Waals surface area contributed by atoms with Crippen LogP contribution in [0.15, 0.2) is 34.1 Å². The van der Waals surface area contributed by atoms with E-state index in [0.29, 0.717) is 29.1 Å². The van der Waals surface area contributed by atoms with Crippen LogP contribution in [-0.4, -0.2) is 33.9 Å². The van der Waals surface area contributed by atoms with Gasteiger partial charge in [0.25, 0.3) is 5.56 Å². The Kier molecular flexibility index (Phi) is 6.47. The Balaban J connectivity index is 1.60. The lowest BCUT2D eigenvalue weighted by Gasteiger charge is -2.35. The van der Waals surface area contributed by atoms with Gasteiger partial charge in [0.2, 0.25) is 5.60 Å². The second kappa shape index (κ2) is 9.87. The molecule has 9 heteroatoms. The lowest BCUT2D eigenvalue weighted by atomic mass is 9.85. The molecule has 3 aliphatic rings. The number of nitrogens with zero attached hydrogens (tertiary/aromatic N) is 4. The first-order valence-corrected chi connectivity index (χ1v) is 14.3. The second-order valence-corrected chi connectivity index (χ2v) is 10.8. The lowest BCUT2D eigenvalue weighted by molar-refractivity contribution is -0.188. The zero-order valence-corrected chi connectivity index (χ0v) is 23.5. The number of pyridine rings is 2. The van der Waals surface area contributed by atoms with E-state index in [0.717, 1.165) is 72.3 Å². The first-order valence-electron chi connectivity index (χ1n) is 14.3. The highest BCUT2D eigenvalue weighted by molar-refractivity contribution is 6.16. The van der Waals surface area contributed by atoms with E-state index >= 15 is 0 Å². The van der Waals surface area contributed by atoms with Crippen LogP contribution in [0.1, 0.15) is 82.9 Å². The van der Waals surface area contributed by atoms with Gasteiger partial charge < -0.3 is 18.9 Å². The van der Waals surface area contributed by atoms with Gasteiger partial charge in [-0.05, 0) is 37.5 Å². The van der Waals surface area contributed by atoms with E-state index in [1.807, 2.05) is 24.3 Å². The molecule has 0 saturated heterocycles. The van der Waals surface area contributed by atoms with Crippen molar-refractivity contribution in [2.45, 2.75) is 85.0 Å². The molecule has 0 radical (unpaired) electrons. The van der Waals surface area contributed by atoms with Gasteiger partial charge >= 0.3 is 11.9 Å². The number of unbranched alkanes of at least 4 members (excludes halogenated alkanes) is 2. The number of esters is 2. The maximum absolute atomic E-state index is 14.0. The topological polar surface area (TPSA) is 103 Å². The first kappa shape index (κ1) is 26.2. The highest BCUT2D eigenvalue weighted by Gasteiger charge is 2.50. The van der Waals surface area contributed by atoms with Gasteiger partial charge in [-0.1, -0.05) is 39.7 Å². The summed E-state index contributed by atoms with van der Waals surface area (Å²) in [5.74, 6) is -0.235. The van der Waals surface area contributed by atoms with E-state index < -0.39 is 17.5 Å². The maximum Gasteiger partial charge on any atom is 0.355 e. The summed E-state index contributed by atoms with van der Waals surface area (Å²) in [6.07, 6.45) is 5.23. The summed E-state index contributed by atoms with van der Waals surface area (Å²) in [7, 11) is 0. The number of amidine groups is 1. The van der Waals surface area contributed by atoms with E-state index in [4.69, 9.17) is 19.5 Å². The van der Waals surface area contributed by atoms with E-state index in [1.54, 1.807) is 11.5 Å². The number of ether oxygens (including phenoxy) is 2. The minimum Gasteiger partial charge on any atom is -0.457 e. The Labute approximate surface area is 232 Å². The predicted molar refractivity (Wildman–Crippen MR) is 153 cm³/mol. The molecule has 3 aromatic rings. The van der Waals surface area contributed by atoms with Crippen molar-refractivity contribution >= 4 is 40.1 Å². The fourth-order valence-corrected chi connectivity index (χ4v) is 6.38. The molecule has 9 nitrogen and oxygen atoms in total. The van der Waals surface area contributed by atoms with Gasteiger partial charge in [-0.15, -0.1) is 0 Å². The van der Waals surface area contributed by atoms with Crippen molar-refractivity contribution in [3.8, 4) is 11.4 Å². The molecule has 2 aromatic heterocycles. The summed E-state index contributed by atoms with van der Waals surface area (Å²) in [4.78, 5) is 51.6. The van der Waals surface area contributed by atoms with Crippen molar-refractivity contribution in [1.82, 2.24) is 9.55 Å². The van der Waals surface area contributed by atoms with Crippen LogP contribution in [0.4, 0.5) is 11.4 Å². The van der Waals surface area contributed by atoms with Crippen molar-refractivity contribution in [2.75, 3.05) is 11.4 Å². The van der Waals surface area contributed by atoms with Gasteiger partial charge in [0.15, 0.2) is 0 Å². The largest absolute Gasteiger partial charge is 0.457 e. The van der Waals surface area contributed by atoms with Gasteiger partial charge in [0.1, 0.15) is 12.4 Å². The Morgan fingerprint density at radius 1 is 1.12 bits per heavy atom. The molecule has 0 bridgehead atoms. The molecule has 0 aliphatic carbocycles. The number of hydrogen-bond donors (Lipinski definition) is 0. The number of carbonyl (C=O) groups excluding carboxylic acids is 2. The van der Waals surface area contributed by atoms with Gasteiger partial charge in [0.05, 0.1) is 45.8 Å². The number of cyclic esters (lactones) is 1. The molecule has 3 aliphatic heterocycles. The molecule has 0 spiro atoms. The van der Waals surface area contributed by atoms with E-state index in [2.05, 4.69) is 18.7 Å². The minimum absolute atomic E-state index is 0.149. The van der Waals surface area contributed by atoms with Crippen LogP contribution >= 0.6 is 0 Å². The third-order valence-corrected chi connectivity index (χ3v) is 8.24. The number of fused-ring (bicyclic) bond motifs is 5. The van der Waals surface area contributed by atoms with Gasteiger partial charge in [-0.3, -0.25) is 9.59 Å². The molecule has 40 heavy (non-hydrogen) atoms. The third kappa shape index (κ3) is 3.78. The molecule has 1 atom stereocenters. The average Bonchev–Trinajstić information content (AvgIpc) is 3.30. The van der Waals surface area contributed by atoms with Crippen molar-refractivity contribution in [1.29, 1.82) is 0 Å². The van der Waals surface area contributed by atoms with Gasteiger partial charge in [-0.2, -0.15) is 0 Å². The van der Waals surface area contributed by atoms with Crippen LogP contribution in [0.25, 0.3) is 22.3 Å². The van der Waals surface area contributed by atoms with Gasteiger partial charge in [-0.25, -0.2) is 14.8 Å². The fraction of sp³-hybridized carbons (Fsp3) is 0.452. The van der Waals surface area contributed by atoms with Crippen LogP contribution < -0.4 is 10.5 Å². The molecule has 0 N–H and O–H groups in total. The van der Waals surface area contributed by atoms with Crippen LogP contribution in [0.2, 0.25) is 0 Å². The Hall–Kier alpha value is -4.01. The summed E-state index contributed by atoms with van der Waals surface area (Å²) < 4.78 is 12.7. The molecule has 0 fully saturated rings. The number of carbonyl (C=O) groups is 2. The Morgan fingerprint density at radius 2 is 1.95 bits per heavy atom. The number of aromatic nitrogens is 2. The molecule has 208 valence electrons. The van der Waals surface area contributed by atoms with Crippen molar-refractivity contribution in [3.05, 3.63) is 51.3 Å². The van der Waals surface area contributed by atoms with Crippen LogP contribution in [0.3, 0.4) is 0 Å². The van der Waals surface area contributed by atoms with E-state index in [9.17, 15) is 14.4 Å². The second-order valence-electron chi connectivity index (χ2n) is 10.8. The quantitative estimate of drug-likeness (QED) is 0.214. The third-order valence-electron chi connectivity index (χ3n) is 8.24. The number of benzene rings is 1. The highest BCUT2D eigenvalue weighted by atomic mass is 16.6. The monoisotopic (exact) mass is 542 g/mol. The van der Waals surface area contributed by atoms with Crippen molar-refractivity contribution < 1.29 is 19.1 Å². The molecule has 1 aromatic carbocycles. The number of anilines is 1. The zero-order valence-electron chi connectivity index (χ0n) is 23.5. The summed E-state index contributed by atoms with van der Waals surface area (Å²) >= 11 is 0. The van der Waals surface area contributed by atoms with Gasteiger partial charge in [0, 0.05) is 31.0 Å². The molecule has 5 heterocycles. The normalized spacial score (nSPS) is 18.6. The zero-order chi connectivity index (χ0) is 28.2. The molecule has 0 unspecified atom stereocenters. The Morgan fingerprint density at radius 3 is 2.67 bits per heavy atom. The summed E-state index contributed by atoms with van der Waals surface area (Å²) in [5.41, 5.74) is 3.90. The minimum atomic E-state index is -1.66. The SMILES string of the molecule is CCCCCN1C(CCC)=Nc2cccc3nc4c(c1c23)Cn1c-4cc2c(c1=O)COC(=O)[C@@]2(CC)OC(C)=O. The smallest absolute Gasteiger partial charge is 0.355 e. The molecule has 6 rings (SSSR count). The summed E-state index contributed by atoms with van der Waals surface area (Å²) in [5, 5.41) is 1.00. The summed E-state index contributed by atoms with van der Waals surface area (Å²) in [6, 6.07) is 7.80. The van der Waals surface area contributed by atoms with Crippen molar-refractivity contribution in [2.24, 2.45) is 4.99 Å². The van der Waals surface area contributed by atoms with Crippen LogP contribution in [0, 0.1) is 0 Å². The average molecular weight is 543 g/mol. The van der Waals surface area contributed by atoms with E-state index in [-0.39, 0.29) is 18.6 Å². The standard InChI is InChI=1S/C31H34N4O5/c1-5-8-9-14-34-25(11-6-2)32-22-12-10-13-23-26(22)28(34)19-16-35-24(27(19)33-23)15-21-20(29(35)37)17-39-30(38)31(21,7-3)40-18(4)36/h10,12-13,15H,5-9,11,14,16-17H2,1-4H3/t31-/m0/s1. The first-order chi connectivity index (χ1) is 19.3. The molecule has 0 saturated carbocycles. The molecular formula is C31H34N4O5. The fourth-order valence-electron chi connectivity index (χ4n) is 6.38. The van der Waals surface area contributed by atoms with E-state index in [1.165, 1.54) is 6.92 Å². The Bertz CT molecular complexity index is 1660. The van der Waals surface area contributed by atoms with Crippen molar-refractivity contribution in [3.63, 3.8) is 0 Å². The number of hydrogen-bond acceptors (Lipinski definition) is 8. The summed E-state index contributed by atoms with van der Waals surface area (Å²) in [6.45, 7) is 8.39. The highest BCUT2D eigenvalue weighted by Crippen LogP contribution is 2.48. The molecular weight excluding hydrogens is 508 g/mol. The van der Waals surface area contributed by atoms with Crippen LogP contribution in [0.5, 0.6) is 0 Å². The van der Waals surface area contributed by atoms with Crippen LogP contribution in [-0.2, 0) is 37.8 Å². The number of aliphatic imine (C=N–C) groups is 1. The predicted octanol–water partition coefficient (Wildman–Crippen LogP) is 5.49.